The molecule has 6 nitrogen and oxygen atoms in total. The average molecular weight is 269 g/mol. The number of rotatable bonds is 3. The maximum Gasteiger partial charge on any atom is 0.245 e. The number of nitrogens with zero attached hydrogens (tertiary/aromatic N) is 1. The molecule has 6 heteroatoms. The van der Waals surface area contributed by atoms with Gasteiger partial charge in [0.25, 0.3) is 0 Å². The van der Waals surface area contributed by atoms with Crippen LogP contribution in [0.3, 0.4) is 0 Å². The van der Waals surface area contributed by atoms with E-state index in [9.17, 15) is 9.59 Å². The van der Waals surface area contributed by atoms with Crippen LogP contribution in [0.25, 0.3) is 0 Å². The summed E-state index contributed by atoms with van der Waals surface area (Å²) in [6.45, 7) is 4.62. The van der Waals surface area contributed by atoms with Crippen LogP contribution < -0.4 is 10.6 Å². The lowest BCUT2D eigenvalue weighted by Crippen LogP contribution is -2.60. The lowest BCUT2D eigenvalue weighted by atomic mass is 10.0. The van der Waals surface area contributed by atoms with E-state index < -0.39 is 6.04 Å². The van der Waals surface area contributed by atoms with E-state index in [-0.39, 0.29) is 17.9 Å². The van der Waals surface area contributed by atoms with Gasteiger partial charge in [-0.15, -0.1) is 0 Å². The number of likely N-dealkylation sites (N-methyl/N-ethyl adjacent to an activating group) is 1. The van der Waals surface area contributed by atoms with E-state index in [4.69, 9.17) is 4.74 Å². The van der Waals surface area contributed by atoms with Crippen LogP contribution >= 0.6 is 0 Å². The van der Waals surface area contributed by atoms with Gasteiger partial charge in [0.2, 0.25) is 11.8 Å². The van der Waals surface area contributed by atoms with Gasteiger partial charge in [-0.1, -0.05) is 6.42 Å². The summed E-state index contributed by atoms with van der Waals surface area (Å²) < 4.78 is 5.34. The van der Waals surface area contributed by atoms with E-state index in [1.54, 1.807) is 4.90 Å². The SMILES string of the molecule is CCNC(=O)C1COCCN1C(=O)C1CCCCN1. The van der Waals surface area contributed by atoms with Crippen LogP contribution in [0.2, 0.25) is 0 Å². The number of hydrogen-bond acceptors (Lipinski definition) is 4. The maximum absolute atomic E-state index is 12.5. The number of nitrogens with one attached hydrogen (secondary N) is 2. The number of hydrogen-bond donors (Lipinski definition) is 2. The van der Waals surface area contributed by atoms with Crippen molar-refractivity contribution < 1.29 is 14.3 Å². The molecule has 2 heterocycles. The first-order valence-corrected chi connectivity index (χ1v) is 7.13. The molecule has 0 aliphatic carbocycles. The number of piperidine rings is 1. The zero-order chi connectivity index (χ0) is 13.7. The third-order valence-electron chi connectivity index (χ3n) is 3.67. The zero-order valence-corrected chi connectivity index (χ0v) is 11.5. The Morgan fingerprint density at radius 1 is 1.42 bits per heavy atom. The van der Waals surface area contributed by atoms with Gasteiger partial charge >= 0.3 is 0 Å². The summed E-state index contributed by atoms with van der Waals surface area (Å²) in [5, 5.41) is 6.01. The third-order valence-corrected chi connectivity index (χ3v) is 3.67. The van der Waals surface area contributed by atoms with Crippen LogP contribution in [-0.4, -0.2) is 61.6 Å². The van der Waals surface area contributed by atoms with Crippen molar-refractivity contribution in [3.8, 4) is 0 Å². The Morgan fingerprint density at radius 2 is 2.26 bits per heavy atom. The number of amides is 2. The first-order chi connectivity index (χ1) is 9.24. The lowest BCUT2D eigenvalue weighted by molar-refractivity contribution is -0.150. The van der Waals surface area contributed by atoms with Crippen molar-refractivity contribution in [3.05, 3.63) is 0 Å². The highest BCUT2D eigenvalue weighted by Crippen LogP contribution is 2.14. The smallest absolute Gasteiger partial charge is 0.245 e. The largest absolute Gasteiger partial charge is 0.377 e. The molecule has 2 saturated heterocycles. The fourth-order valence-electron chi connectivity index (χ4n) is 2.64. The van der Waals surface area contributed by atoms with Crippen molar-refractivity contribution >= 4 is 11.8 Å². The van der Waals surface area contributed by atoms with Crippen LogP contribution in [0.4, 0.5) is 0 Å². The van der Waals surface area contributed by atoms with E-state index in [2.05, 4.69) is 10.6 Å². The Labute approximate surface area is 113 Å². The molecule has 2 unspecified atom stereocenters. The molecule has 0 aromatic heterocycles. The molecule has 2 aliphatic heterocycles. The minimum atomic E-state index is -0.482. The molecule has 0 bridgehead atoms. The monoisotopic (exact) mass is 269 g/mol. The summed E-state index contributed by atoms with van der Waals surface area (Å²) in [6, 6.07) is -0.617. The topological polar surface area (TPSA) is 70.7 Å². The van der Waals surface area contributed by atoms with Gasteiger partial charge in [0.05, 0.1) is 19.3 Å². The fourth-order valence-corrected chi connectivity index (χ4v) is 2.64. The molecular formula is C13H23N3O3. The quantitative estimate of drug-likeness (QED) is 0.724. The predicted molar refractivity (Wildman–Crippen MR) is 70.6 cm³/mol. The predicted octanol–water partition coefficient (Wildman–Crippen LogP) is -0.508. The van der Waals surface area contributed by atoms with Gasteiger partial charge in [-0.25, -0.2) is 0 Å². The number of morpholine rings is 1. The molecule has 2 rings (SSSR count). The zero-order valence-electron chi connectivity index (χ0n) is 11.5. The van der Waals surface area contributed by atoms with Gasteiger partial charge in [0, 0.05) is 13.1 Å². The molecule has 2 fully saturated rings. The summed E-state index contributed by atoms with van der Waals surface area (Å²) in [5.74, 6) is -0.0781. The number of carbonyl (C=O) groups is 2. The highest BCUT2D eigenvalue weighted by molar-refractivity contribution is 5.90. The molecule has 2 atom stereocenters. The summed E-state index contributed by atoms with van der Waals surface area (Å²) in [5.41, 5.74) is 0. The van der Waals surface area contributed by atoms with Gasteiger partial charge in [0.15, 0.2) is 0 Å². The summed E-state index contributed by atoms with van der Waals surface area (Å²) in [6.07, 6.45) is 3.05. The molecular weight excluding hydrogens is 246 g/mol. The van der Waals surface area contributed by atoms with Crippen molar-refractivity contribution in [2.24, 2.45) is 0 Å². The Morgan fingerprint density at radius 3 is 2.95 bits per heavy atom. The first-order valence-electron chi connectivity index (χ1n) is 7.13. The van der Waals surface area contributed by atoms with Crippen LogP contribution in [0.1, 0.15) is 26.2 Å². The van der Waals surface area contributed by atoms with E-state index >= 15 is 0 Å². The molecule has 19 heavy (non-hydrogen) atoms. The van der Waals surface area contributed by atoms with Gasteiger partial charge in [-0.2, -0.15) is 0 Å². The van der Waals surface area contributed by atoms with E-state index in [0.717, 1.165) is 25.8 Å². The number of carbonyl (C=O) groups excluding carboxylic acids is 2. The van der Waals surface area contributed by atoms with Gasteiger partial charge in [-0.3, -0.25) is 9.59 Å². The Balaban J connectivity index is 2.01. The highest BCUT2D eigenvalue weighted by atomic mass is 16.5. The van der Waals surface area contributed by atoms with Gasteiger partial charge in [0.1, 0.15) is 6.04 Å². The Bertz CT molecular complexity index is 329. The van der Waals surface area contributed by atoms with Gasteiger partial charge in [-0.05, 0) is 26.3 Å². The van der Waals surface area contributed by atoms with Crippen LogP contribution in [0.5, 0.6) is 0 Å². The minimum absolute atomic E-state index is 0.0410. The van der Waals surface area contributed by atoms with Crippen molar-refractivity contribution in [2.45, 2.75) is 38.3 Å². The molecule has 0 radical (unpaired) electrons. The summed E-state index contributed by atoms with van der Waals surface area (Å²) in [4.78, 5) is 26.2. The van der Waals surface area contributed by atoms with Crippen molar-refractivity contribution in [1.82, 2.24) is 15.5 Å². The minimum Gasteiger partial charge on any atom is -0.377 e. The molecule has 0 saturated carbocycles. The molecule has 108 valence electrons. The normalized spacial score (nSPS) is 27.9. The van der Waals surface area contributed by atoms with Crippen molar-refractivity contribution in [2.75, 3.05) is 32.8 Å². The first kappa shape index (κ1) is 14.3. The molecule has 2 aliphatic rings. The van der Waals surface area contributed by atoms with Crippen LogP contribution in [0.15, 0.2) is 0 Å². The standard InChI is InChI=1S/C13H23N3O3/c1-2-14-12(17)11-9-19-8-7-16(11)13(18)10-5-3-4-6-15-10/h10-11,15H,2-9H2,1H3,(H,14,17). The van der Waals surface area contributed by atoms with Crippen LogP contribution in [0, 0.1) is 0 Å². The summed E-state index contributed by atoms with van der Waals surface area (Å²) >= 11 is 0. The van der Waals surface area contributed by atoms with Crippen molar-refractivity contribution in [1.29, 1.82) is 0 Å². The second-order valence-corrected chi connectivity index (χ2v) is 5.02. The average Bonchev–Trinajstić information content (AvgIpc) is 2.47. The molecule has 0 aromatic carbocycles. The van der Waals surface area contributed by atoms with E-state index in [0.29, 0.717) is 26.3 Å². The van der Waals surface area contributed by atoms with Gasteiger partial charge < -0.3 is 20.3 Å². The van der Waals surface area contributed by atoms with E-state index in [1.807, 2.05) is 6.92 Å². The third kappa shape index (κ3) is 3.45. The molecule has 0 aromatic rings. The molecule has 0 spiro atoms. The molecule has 2 N–H and O–H groups in total. The van der Waals surface area contributed by atoms with Crippen molar-refractivity contribution in [3.63, 3.8) is 0 Å². The molecule has 2 amide bonds. The van der Waals surface area contributed by atoms with E-state index in [1.165, 1.54) is 0 Å². The maximum atomic E-state index is 12.5. The summed E-state index contributed by atoms with van der Waals surface area (Å²) in [7, 11) is 0. The second kappa shape index (κ2) is 6.86. The fraction of sp³-hybridized carbons (Fsp3) is 0.846. The Kier molecular flexibility index (Phi) is 5.15. The van der Waals surface area contributed by atoms with Crippen LogP contribution in [-0.2, 0) is 14.3 Å². The number of ether oxygens (including phenoxy) is 1. The second-order valence-electron chi connectivity index (χ2n) is 5.02. The lowest BCUT2D eigenvalue weighted by Gasteiger charge is -2.37. The highest BCUT2D eigenvalue weighted by Gasteiger charge is 2.36. The Hall–Kier alpha value is -1.14.